The third-order valence-electron chi connectivity index (χ3n) is 5.16. The maximum atomic E-state index is 6.12. The Morgan fingerprint density at radius 3 is 2.38 bits per heavy atom. The van der Waals surface area contributed by atoms with Gasteiger partial charge in [0.05, 0.1) is 16.7 Å². The lowest BCUT2D eigenvalue weighted by atomic mass is 9.91. The molecule has 0 saturated carbocycles. The Morgan fingerprint density at radius 2 is 1.66 bits per heavy atom. The van der Waals surface area contributed by atoms with E-state index < -0.39 is 0 Å². The summed E-state index contributed by atoms with van der Waals surface area (Å²) in [4.78, 5) is 4.90. The number of hydrogen-bond acceptors (Lipinski definition) is 3. The van der Waals surface area contributed by atoms with Crippen molar-refractivity contribution in [2.24, 2.45) is 0 Å². The van der Waals surface area contributed by atoms with Crippen LogP contribution in [0.4, 0.5) is 0 Å². The van der Waals surface area contributed by atoms with E-state index in [-0.39, 0.29) is 0 Å². The standard InChI is InChI=1S/C24H23Cl2NO2/c1-3-28-24-19-6-4-5-7-22(19)27-15(2)23(24)16-8-10-17(11-9-16)29-18-12-13-20(25)21(26)14-18/h8-14H,3-7H2,1-2H3. The Balaban J connectivity index is 1.67. The van der Waals surface area contributed by atoms with E-state index in [1.54, 1.807) is 18.2 Å². The highest BCUT2D eigenvalue weighted by Crippen LogP contribution is 2.40. The first-order valence-corrected chi connectivity index (χ1v) is 10.7. The number of halogens is 2. The minimum atomic E-state index is 0.470. The van der Waals surface area contributed by atoms with Crippen LogP contribution < -0.4 is 9.47 Å². The van der Waals surface area contributed by atoms with Crippen LogP contribution in [-0.2, 0) is 12.8 Å². The molecule has 3 nitrogen and oxygen atoms in total. The molecule has 5 heteroatoms. The Hall–Kier alpha value is -2.23. The number of pyridine rings is 1. The first-order valence-electron chi connectivity index (χ1n) is 9.95. The van der Waals surface area contributed by atoms with Gasteiger partial charge in [0.1, 0.15) is 17.2 Å². The van der Waals surface area contributed by atoms with Crippen LogP contribution in [0.3, 0.4) is 0 Å². The van der Waals surface area contributed by atoms with Crippen LogP contribution in [0.2, 0.25) is 10.0 Å². The van der Waals surface area contributed by atoms with E-state index in [4.69, 9.17) is 37.7 Å². The van der Waals surface area contributed by atoms with Crippen LogP contribution in [-0.4, -0.2) is 11.6 Å². The van der Waals surface area contributed by atoms with Gasteiger partial charge in [0, 0.05) is 28.6 Å². The van der Waals surface area contributed by atoms with Crippen molar-refractivity contribution in [2.75, 3.05) is 6.61 Å². The minimum Gasteiger partial charge on any atom is -0.493 e. The predicted molar refractivity (Wildman–Crippen MR) is 119 cm³/mol. The molecule has 29 heavy (non-hydrogen) atoms. The van der Waals surface area contributed by atoms with Gasteiger partial charge in [-0.3, -0.25) is 4.98 Å². The number of hydrogen-bond donors (Lipinski definition) is 0. The fourth-order valence-electron chi connectivity index (χ4n) is 3.84. The highest BCUT2D eigenvalue weighted by molar-refractivity contribution is 6.42. The van der Waals surface area contributed by atoms with Crippen LogP contribution in [0, 0.1) is 6.92 Å². The van der Waals surface area contributed by atoms with Gasteiger partial charge >= 0.3 is 0 Å². The van der Waals surface area contributed by atoms with Gasteiger partial charge in [-0.25, -0.2) is 0 Å². The fraction of sp³-hybridized carbons (Fsp3) is 0.292. The lowest BCUT2D eigenvalue weighted by Crippen LogP contribution is -2.11. The largest absolute Gasteiger partial charge is 0.493 e. The SMILES string of the molecule is CCOc1c2c(nc(C)c1-c1ccc(Oc3ccc(Cl)c(Cl)c3)cc1)CCCC2. The van der Waals surface area contributed by atoms with Gasteiger partial charge < -0.3 is 9.47 Å². The molecule has 1 aliphatic carbocycles. The Labute approximate surface area is 181 Å². The van der Waals surface area contributed by atoms with Gasteiger partial charge in [-0.2, -0.15) is 0 Å². The van der Waals surface area contributed by atoms with Crippen LogP contribution in [0.1, 0.15) is 36.7 Å². The van der Waals surface area contributed by atoms with E-state index in [1.165, 1.54) is 24.1 Å². The summed E-state index contributed by atoms with van der Waals surface area (Å²) in [5.41, 5.74) is 5.63. The van der Waals surface area contributed by atoms with Crippen molar-refractivity contribution in [2.45, 2.75) is 39.5 Å². The molecule has 0 aliphatic heterocycles. The molecule has 1 heterocycles. The first-order chi connectivity index (χ1) is 14.1. The molecule has 1 aromatic heterocycles. The summed E-state index contributed by atoms with van der Waals surface area (Å²) in [6, 6.07) is 13.2. The average molecular weight is 428 g/mol. The van der Waals surface area contributed by atoms with E-state index in [0.29, 0.717) is 22.4 Å². The van der Waals surface area contributed by atoms with Gasteiger partial charge in [-0.15, -0.1) is 0 Å². The molecule has 4 rings (SSSR count). The zero-order valence-electron chi connectivity index (χ0n) is 16.6. The lowest BCUT2D eigenvalue weighted by molar-refractivity contribution is 0.335. The molecule has 1 aliphatic rings. The Morgan fingerprint density at radius 1 is 0.931 bits per heavy atom. The quantitative estimate of drug-likeness (QED) is 0.423. The summed E-state index contributed by atoms with van der Waals surface area (Å²) >= 11 is 12.0. The number of aryl methyl sites for hydroxylation is 2. The van der Waals surface area contributed by atoms with Crippen molar-refractivity contribution >= 4 is 23.2 Å². The smallest absolute Gasteiger partial charge is 0.133 e. The van der Waals surface area contributed by atoms with Crippen molar-refractivity contribution in [3.05, 3.63) is 69.5 Å². The second-order valence-corrected chi connectivity index (χ2v) is 7.98. The van der Waals surface area contributed by atoms with Crippen molar-refractivity contribution in [1.29, 1.82) is 0 Å². The molecule has 0 atom stereocenters. The predicted octanol–water partition coefficient (Wildman–Crippen LogP) is 7.43. The van der Waals surface area contributed by atoms with Crippen molar-refractivity contribution < 1.29 is 9.47 Å². The number of fused-ring (bicyclic) bond motifs is 1. The molecule has 0 saturated heterocycles. The Bertz CT molecular complexity index is 1030. The van der Waals surface area contributed by atoms with Crippen molar-refractivity contribution in [3.8, 4) is 28.4 Å². The Kier molecular flexibility index (Phi) is 5.98. The summed E-state index contributed by atoms with van der Waals surface area (Å²) in [6.07, 6.45) is 4.45. The summed E-state index contributed by atoms with van der Waals surface area (Å²) < 4.78 is 12.0. The molecule has 0 spiro atoms. The van der Waals surface area contributed by atoms with E-state index >= 15 is 0 Å². The van der Waals surface area contributed by atoms with E-state index in [9.17, 15) is 0 Å². The molecule has 150 valence electrons. The fourth-order valence-corrected chi connectivity index (χ4v) is 4.13. The van der Waals surface area contributed by atoms with E-state index in [0.717, 1.165) is 41.2 Å². The van der Waals surface area contributed by atoms with E-state index in [2.05, 4.69) is 19.1 Å². The van der Waals surface area contributed by atoms with Crippen molar-refractivity contribution in [3.63, 3.8) is 0 Å². The summed E-state index contributed by atoms with van der Waals surface area (Å²) in [6.45, 7) is 4.73. The van der Waals surface area contributed by atoms with Gasteiger partial charge in [0.25, 0.3) is 0 Å². The molecule has 0 unspecified atom stereocenters. The van der Waals surface area contributed by atoms with Gasteiger partial charge in [-0.05, 0) is 69.4 Å². The minimum absolute atomic E-state index is 0.470. The number of benzene rings is 2. The van der Waals surface area contributed by atoms with Crippen LogP contribution in [0.25, 0.3) is 11.1 Å². The highest BCUT2D eigenvalue weighted by atomic mass is 35.5. The zero-order chi connectivity index (χ0) is 20.4. The second-order valence-electron chi connectivity index (χ2n) is 7.17. The number of rotatable bonds is 5. The molecule has 0 bridgehead atoms. The maximum Gasteiger partial charge on any atom is 0.133 e. The molecule has 0 amide bonds. The number of nitrogens with zero attached hydrogens (tertiary/aromatic N) is 1. The van der Waals surface area contributed by atoms with Crippen LogP contribution >= 0.6 is 23.2 Å². The van der Waals surface area contributed by atoms with Crippen LogP contribution in [0.5, 0.6) is 17.2 Å². The molecule has 0 fully saturated rings. The third kappa shape index (κ3) is 4.22. The summed E-state index contributed by atoms with van der Waals surface area (Å²) in [5.74, 6) is 2.37. The molecule has 3 aromatic rings. The topological polar surface area (TPSA) is 31.4 Å². The van der Waals surface area contributed by atoms with Gasteiger partial charge in [0.2, 0.25) is 0 Å². The maximum absolute atomic E-state index is 6.12. The first kappa shape index (κ1) is 20.1. The molecular formula is C24H23Cl2NO2. The monoisotopic (exact) mass is 427 g/mol. The number of aromatic nitrogens is 1. The van der Waals surface area contributed by atoms with Crippen molar-refractivity contribution in [1.82, 2.24) is 4.98 Å². The van der Waals surface area contributed by atoms with Crippen LogP contribution in [0.15, 0.2) is 42.5 Å². The lowest BCUT2D eigenvalue weighted by Gasteiger charge is -2.23. The van der Waals surface area contributed by atoms with E-state index in [1.807, 2.05) is 19.1 Å². The molecular weight excluding hydrogens is 405 g/mol. The summed E-state index contributed by atoms with van der Waals surface area (Å²) in [5, 5.41) is 0.978. The zero-order valence-corrected chi connectivity index (χ0v) is 18.1. The normalized spacial score (nSPS) is 13.1. The second kappa shape index (κ2) is 8.64. The highest BCUT2D eigenvalue weighted by Gasteiger charge is 2.22. The molecule has 2 aromatic carbocycles. The molecule has 0 radical (unpaired) electrons. The van der Waals surface area contributed by atoms with Gasteiger partial charge in [-0.1, -0.05) is 35.3 Å². The summed E-state index contributed by atoms with van der Waals surface area (Å²) in [7, 11) is 0. The third-order valence-corrected chi connectivity index (χ3v) is 5.90. The molecule has 0 N–H and O–H groups in total. The number of ether oxygens (including phenoxy) is 2. The van der Waals surface area contributed by atoms with Gasteiger partial charge in [0.15, 0.2) is 0 Å². The average Bonchev–Trinajstić information content (AvgIpc) is 2.72.